The van der Waals surface area contributed by atoms with Gasteiger partial charge in [-0.1, -0.05) is 60.2 Å². The van der Waals surface area contributed by atoms with Crippen LogP contribution in [-0.4, -0.2) is 19.8 Å². The Morgan fingerprint density at radius 3 is 2.17 bits per heavy atom. The molecule has 3 aromatic carbocycles. The van der Waals surface area contributed by atoms with Crippen LogP contribution in [0.4, 0.5) is 0 Å². The number of rotatable bonds is 7. The van der Waals surface area contributed by atoms with Crippen LogP contribution >= 0.6 is 15.9 Å². The molecular formula is C23H22BrNO3S. The van der Waals surface area contributed by atoms with Gasteiger partial charge in [0.05, 0.1) is 23.2 Å². The van der Waals surface area contributed by atoms with E-state index in [4.69, 9.17) is 4.74 Å². The number of ether oxygens (including phenoxy) is 1. The van der Waals surface area contributed by atoms with Crippen molar-refractivity contribution >= 4 is 32.0 Å². The first-order valence-electron chi connectivity index (χ1n) is 9.05. The SMILES string of the molecule is COc1ccc(/C=C(/Br)N(Cc2ccccc2)S(=O)(=O)c2ccc(C)cc2)cc1. The minimum absolute atomic E-state index is 0.213. The molecule has 0 heterocycles. The third-order valence-corrected chi connectivity index (χ3v) is 7.08. The molecule has 0 N–H and O–H groups in total. The van der Waals surface area contributed by atoms with E-state index in [-0.39, 0.29) is 11.4 Å². The van der Waals surface area contributed by atoms with E-state index in [1.165, 1.54) is 4.31 Å². The fourth-order valence-corrected chi connectivity index (χ4v) is 5.07. The zero-order chi connectivity index (χ0) is 20.9. The van der Waals surface area contributed by atoms with E-state index < -0.39 is 10.0 Å². The van der Waals surface area contributed by atoms with Crippen molar-refractivity contribution in [1.82, 2.24) is 4.31 Å². The second-order valence-corrected chi connectivity index (χ2v) is 9.23. The molecule has 0 fully saturated rings. The molecule has 150 valence electrons. The Hall–Kier alpha value is -2.57. The Morgan fingerprint density at radius 2 is 1.59 bits per heavy atom. The molecule has 3 rings (SSSR count). The summed E-state index contributed by atoms with van der Waals surface area (Å²) in [5.74, 6) is 0.742. The summed E-state index contributed by atoms with van der Waals surface area (Å²) in [7, 11) is -2.15. The van der Waals surface area contributed by atoms with Crippen molar-refractivity contribution in [2.24, 2.45) is 0 Å². The van der Waals surface area contributed by atoms with Gasteiger partial charge in [0.15, 0.2) is 0 Å². The van der Waals surface area contributed by atoms with E-state index in [1.807, 2.05) is 61.5 Å². The molecule has 0 saturated heterocycles. The highest BCUT2D eigenvalue weighted by Gasteiger charge is 2.26. The first-order valence-corrected chi connectivity index (χ1v) is 11.3. The number of nitrogens with zero attached hydrogens (tertiary/aromatic N) is 1. The highest BCUT2D eigenvalue weighted by molar-refractivity contribution is 9.11. The summed E-state index contributed by atoms with van der Waals surface area (Å²) >= 11 is 3.50. The van der Waals surface area contributed by atoms with Crippen molar-refractivity contribution in [3.05, 3.63) is 100 Å². The van der Waals surface area contributed by atoms with Crippen LogP contribution in [0.25, 0.3) is 6.08 Å². The first-order chi connectivity index (χ1) is 13.9. The van der Waals surface area contributed by atoms with E-state index in [9.17, 15) is 8.42 Å². The smallest absolute Gasteiger partial charge is 0.265 e. The van der Waals surface area contributed by atoms with Gasteiger partial charge in [-0.05, 0) is 64.3 Å². The van der Waals surface area contributed by atoms with Crippen LogP contribution < -0.4 is 4.74 Å². The van der Waals surface area contributed by atoms with Crippen LogP contribution in [0.2, 0.25) is 0 Å². The lowest BCUT2D eigenvalue weighted by Gasteiger charge is -2.24. The minimum Gasteiger partial charge on any atom is -0.497 e. The van der Waals surface area contributed by atoms with Gasteiger partial charge >= 0.3 is 0 Å². The maximum Gasteiger partial charge on any atom is 0.265 e. The summed E-state index contributed by atoms with van der Waals surface area (Å²) in [6.45, 7) is 2.14. The molecule has 0 bridgehead atoms. The van der Waals surface area contributed by atoms with Gasteiger partial charge in [-0.2, -0.15) is 0 Å². The quantitative estimate of drug-likeness (QED) is 0.422. The largest absolute Gasteiger partial charge is 0.497 e. The minimum atomic E-state index is -3.75. The average molecular weight is 472 g/mol. The topological polar surface area (TPSA) is 46.6 Å². The molecule has 3 aromatic rings. The fraction of sp³-hybridized carbons (Fsp3) is 0.130. The van der Waals surface area contributed by atoms with Crippen molar-refractivity contribution in [2.75, 3.05) is 7.11 Å². The van der Waals surface area contributed by atoms with Crippen LogP contribution in [0.3, 0.4) is 0 Å². The predicted octanol–water partition coefficient (Wildman–Crippen LogP) is 5.59. The van der Waals surface area contributed by atoms with Crippen LogP contribution in [0.1, 0.15) is 16.7 Å². The molecule has 0 amide bonds. The zero-order valence-corrected chi connectivity index (χ0v) is 18.7. The lowest BCUT2D eigenvalue weighted by Crippen LogP contribution is -2.28. The Bertz CT molecular complexity index is 1080. The molecule has 29 heavy (non-hydrogen) atoms. The lowest BCUT2D eigenvalue weighted by atomic mass is 10.2. The van der Waals surface area contributed by atoms with Crippen LogP contribution in [0, 0.1) is 6.92 Å². The molecule has 0 aliphatic carbocycles. The third kappa shape index (κ3) is 5.28. The monoisotopic (exact) mass is 471 g/mol. The maximum atomic E-state index is 13.4. The lowest BCUT2D eigenvalue weighted by molar-refractivity contribution is 0.415. The fourth-order valence-electron chi connectivity index (χ4n) is 2.77. The molecule has 0 aromatic heterocycles. The predicted molar refractivity (Wildman–Crippen MR) is 120 cm³/mol. The van der Waals surface area contributed by atoms with Gasteiger partial charge in [0.1, 0.15) is 5.75 Å². The van der Waals surface area contributed by atoms with Gasteiger partial charge in [0.2, 0.25) is 0 Å². The Balaban J connectivity index is 2.01. The highest BCUT2D eigenvalue weighted by Crippen LogP contribution is 2.28. The van der Waals surface area contributed by atoms with Gasteiger partial charge in [-0.3, -0.25) is 4.31 Å². The number of hydrogen-bond donors (Lipinski definition) is 0. The highest BCUT2D eigenvalue weighted by atomic mass is 79.9. The molecule has 6 heteroatoms. The summed E-state index contributed by atoms with van der Waals surface area (Å²) in [6.07, 6.45) is 1.79. The zero-order valence-electron chi connectivity index (χ0n) is 16.2. The standard InChI is InChI=1S/C23H22BrNO3S/c1-18-8-14-22(15-9-18)29(26,27)25(17-20-6-4-3-5-7-20)23(24)16-19-10-12-21(28-2)13-11-19/h3-16H,17H2,1-2H3/b23-16-. The van der Waals surface area contributed by atoms with Crippen molar-refractivity contribution in [3.8, 4) is 5.75 Å². The summed E-state index contributed by atoms with van der Waals surface area (Å²) < 4.78 is 33.8. The first kappa shape index (κ1) is 21.1. The summed E-state index contributed by atoms with van der Waals surface area (Å²) in [5.41, 5.74) is 2.75. The second kappa shape index (κ2) is 9.29. The van der Waals surface area contributed by atoms with Gasteiger partial charge in [-0.15, -0.1) is 0 Å². The van der Waals surface area contributed by atoms with Crippen LogP contribution in [-0.2, 0) is 16.6 Å². The van der Waals surface area contributed by atoms with Crippen molar-refractivity contribution < 1.29 is 13.2 Å². The Morgan fingerprint density at radius 1 is 0.966 bits per heavy atom. The van der Waals surface area contributed by atoms with Crippen molar-refractivity contribution in [3.63, 3.8) is 0 Å². The maximum absolute atomic E-state index is 13.4. The molecule has 0 aliphatic rings. The van der Waals surface area contributed by atoms with Gasteiger partial charge in [-0.25, -0.2) is 8.42 Å². The molecular weight excluding hydrogens is 450 g/mol. The summed E-state index contributed by atoms with van der Waals surface area (Å²) in [4.78, 5) is 0.249. The number of sulfonamides is 1. The molecule has 0 spiro atoms. The second-order valence-electron chi connectivity index (χ2n) is 6.55. The van der Waals surface area contributed by atoms with Crippen LogP contribution in [0.5, 0.6) is 5.75 Å². The van der Waals surface area contributed by atoms with Gasteiger partial charge in [0, 0.05) is 0 Å². The molecule has 0 saturated carbocycles. The number of hydrogen-bond acceptors (Lipinski definition) is 3. The van der Waals surface area contributed by atoms with E-state index >= 15 is 0 Å². The van der Waals surface area contributed by atoms with Gasteiger partial charge in [0.25, 0.3) is 10.0 Å². The van der Waals surface area contributed by atoms with E-state index in [1.54, 1.807) is 37.5 Å². The summed E-state index contributed by atoms with van der Waals surface area (Å²) in [5, 5.41) is 0. The average Bonchev–Trinajstić information content (AvgIpc) is 2.73. The number of halogens is 1. The molecule has 0 aliphatic heterocycles. The van der Waals surface area contributed by atoms with Gasteiger partial charge < -0.3 is 4.74 Å². The summed E-state index contributed by atoms with van der Waals surface area (Å²) in [6, 6.07) is 23.8. The molecule has 0 atom stereocenters. The van der Waals surface area contributed by atoms with Crippen molar-refractivity contribution in [1.29, 1.82) is 0 Å². The molecule has 0 unspecified atom stereocenters. The van der Waals surface area contributed by atoms with E-state index in [0.29, 0.717) is 4.61 Å². The molecule has 0 radical (unpaired) electrons. The Kier molecular flexibility index (Phi) is 6.77. The van der Waals surface area contributed by atoms with E-state index in [0.717, 1.165) is 22.4 Å². The van der Waals surface area contributed by atoms with E-state index in [2.05, 4.69) is 15.9 Å². The Labute approximate surface area is 180 Å². The molecule has 4 nitrogen and oxygen atoms in total. The number of benzene rings is 3. The number of methoxy groups -OCH3 is 1. The third-order valence-electron chi connectivity index (χ3n) is 4.42. The van der Waals surface area contributed by atoms with Crippen LogP contribution in [0.15, 0.2) is 88.4 Å². The van der Waals surface area contributed by atoms with Crippen molar-refractivity contribution in [2.45, 2.75) is 18.4 Å². The normalized spacial score (nSPS) is 11.9. The number of aryl methyl sites for hydroxylation is 1.